The lowest BCUT2D eigenvalue weighted by Crippen LogP contribution is -2.18. The number of hydrogen-bond donors (Lipinski definition) is 2. The van der Waals surface area contributed by atoms with Crippen LogP contribution in [0.15, 0.2) is 66.0 Å². The van der Waals surface area contributed by atoms with E-state index >= 15 is 0 Å². The van der Waals surface area contributed by atoms with Gasteiger partial charge in [0.05, 0.1) is 20.4 Å². The van der Waals surface area contributed by atoms with Gasteiger partial charge in [0.15, 0.2) is 17.7 Å². The fraction of sp³-hybridized carbons (Fsp3) is 0.174. The van der Waals surface area contributed by atoms with Crippen LogP contribution in [0.4, 0.5) is 5.69 Å². The Bertz CT molecular complexity index is 1050. The van der Waals surface area contributed by atoms with Crippen molar-refractivity contribution in [3.8, 4) is 22.6 Å². The van der Waals surface area contributed by atoms with Gasteiger partial charge < -0.3 is 25.4 Å². The van der Waals surface area contributed by atoms with Crippen LogP contribution in [-0.4, -0.2) is 31.4 Å². The van der Waals surface area contributed by atoms with Crippen molar-refractivity contribution < 1.29 is 19.0 Å². The van der Waals surface area contributed by atoms with Crippen LogP contribution in [0.3, 0.4) is 0 Å². The van der Waals surface area contributed by atoms with Crippen molar-refractivity contribution in [2.45, 2.75) is 13.2 Å². The number of methoxy groups -OCH3 is 2. The number of nitrogens with one attached hydrogen (secondary N) is 1. The van der Waals surface area contributed by atoms with E-state index in [1.807, 2.05) is 42.5 Å². The summed E-state index contributed by atoms with van der Waals surface area (Å²) in [6.45, 7) is 1.36. The molecule has 2 aromatic carbocycles. The fourth-order valence-electron chi connectivity index (χ4n) is 3.12. The van der Waals surface area contributed by atoms with Crippen LogP contribution in [0.2, 0.25) is 0 Å². The van der Waals surface area contributed by atoms with E-state index in [1.165, 1.54) is 6.92 Å². The van der Waals surface area contributed by atoms with Gasteiger partial charge in [-0.3, -0.25) is 9.78 Å². The Hall–Kier alpha value is -4.07. The van der Waals surface area contributed by atoms with Gasteiger partial charge in [-0.25, -0.2) is 0 Å². The molecule has 1 heterocycles. The van der Waals surface area contributed by atoms with Gasteiger partial charge >= 0.3 is 5.97 Å². The summed E-state index contributed by atoms with van der Waals surface area (Å²) in [6.07, 6.45) is 4.18. The maximum Gasteiger partial charge on any atom is 0.304 e. The Morgan fingerprint density at radius 2 is 1.84 bits per heavy atom. The van der Waals surface area contributed by atoms with Gasteiger partial charge in [0.2, 0.25) is 0 Å². The number of nitrogens with two attached hydrogens (primary N) is 1. The van der Waals surface area contributed by atoms with Crippen LogP contribution in [0.25, 0.3) is 11.1 Å². The van der Waals surface area contributed by atoms with E-state index in [9.17, 15) is 4.79 Å². The summed E-state index contributed by atoms with van der Waals surface area (Å²) in [4.78, 5) is 16.1. The second-order valence-corrected chi connectivity index (χ2v) is 6.57. The molecule has 8 heteroatoms. The number of carbonyl (C=O) groups is 1. The SMILES string of the molecule is COc1cc(-c2cccnc2)c(C(Nc2ccc(C=NN)cc2)OC(C)=O)cc1OC. The van der Waals surface area contributed by atoms with Gasteiger partial charge in [0.1, 0.15) is 0 Å². The Morgan fingerprint density at radius 1 is 1.13 bits per heavy atom. The quantitative estimate of drug-likeness (QED) is 0.188. The normalized spacial score (nSPS) is 11.7. The summed E-state index contributed by atoms with van der Waals surface area (Å²) in [5.41, 5.74) is 3.91. The van der Waals surface area contributed by atoms with E-state index in [0.717, 1.165) is 22.4 Å². The average Bonchev–Trinajstić information content (AvgIpc) is 2.79. The Kier molecular flexibility index (Phi) is 7.05. The average molecular weight is 420 g/mol. The largest absolute Gasteiger partial charge is 0.493 e. The Morgan fingerprint density at radius 3 is 2.42 bits per heavy atom. The molecule has 3 rings (SSSR count). The van der Waals surface area contributed by atoms with E-state index in [0.29, 0.717) is 17.1 Å². The highest BCUT2D eigenvalue weighted by atomic mass is 16.6. The topological polar surface area (TPSA) is 108 Å². The molecular weight excluding hydrogens is 396 g/mol. The Labute approximate surface area is 180 Å². The van der Waals surface area contributed by atoms with Gasteiger partial charge in [-0.05, 0) is 41.5 Å². The third-order valence-corrected chi connectivity index (χ3v) is 4.53. The molecule has 0 spiro atoms. The molecule has 0 aliphatic heterocycles. The third kappa shape index (κ3) is 5.30. The highest BCUT2D eigenvalue weighted by molar-refractivity contribution is 5.80. The van der Waals surface area contributed by atoms with Gasteiger partial charge in [0, 0.05) is 36.1 Å². The van der Waals surface area contributed by atoms with Crippen LogP contribution in [-0.2, 0) is 9.53 Å². The van der Waals surface area contributed by atoms with Crippen LogP contribution in [0.5, 0.6) is 11.5 Å². The summed E-state index contributed by atoms with van der Waals surface area (Å²) in [7, 11) is 3.12. The number of anilines is 1. The number of pyridine rings is 1. The Balaban J connectivity index is 2.09. The number of benzene rings is 2. The second kappa shape index (κ2) is 10.1. The first-order chi connectivity index (χ1) is 15.0. The predicted molar refractivity (Wildman–Crippen MR) is 119 cm³/mol. The summed E-state index contributed by atoms with van der Waals surface area (Å²) in [6, 6.07) is 14.8. The number of carbonyl (C=O) groups excluding carboxylic acids is 1. The smallest absolute Gasteiger partial charge is 0.304 e. The molecule has 0 saturated carbocycles. The molecule has 0 aliphatic carbocycles. The van der Waals surface area contributed by atoms with Gasteiger partial charge in [-0.1, -0.05) is 18.2 Å². The molecular formula is C23H24N4O4. The van der Waals surface area contributed by atoms with E-state index in [2.05, 4.69) is 15.4 Å². The van der Waals surface area contributed by atoms with Crippen molar-refractivity contribution in [1.82, 2.24) is 4.98 Å². The van der Waals surface area contributed by atoms with E-state index in [4.69, 9.17) is 20.1 Å². The lowest BCUT2D eigenvalue weighted by Gasteiger charge is -2.24. The summed E-state index contributed by atoms with van der Waals surface area (Å²) >= 11 is 0. The highest BCUT2D eigenvalue weighted by Gasteiger charge is 2.23. The minimum Gasteiger partial charge on any atom is -0.493 e. The van der Waals surface area contributed by atoms with Crippen LogP contribution < -0.4 is 20.6 Å². The van der Waals surface area contributed by atoms with Crippen molar-refractivity contribution >= 4 is 17.9 Å². The first-order valence-corrected chi connectivity index (χ1v) is 9.49. The van der Waals surface area contributed by atoms with Crippen molar-refractivity contribution in [3.63, 3.8) is 0 Å². The molecule has 31 heavy (non-hydrogen) atoms. The van der Waals surface area contributed by atoms with Gasteiger partial charge in [-0.15, -0.1) is 0 Å². The van der Waals surface area contributed by atoms with E-state index in [1.54, 1.807) is 38.9 Å². The highest BCUT2D eigenvalue weighted by Crippen LogP contribution is 2.39. The molecule has 3 N–H and O–H groups in total. The molecule has 0 saturated heterocycles. The van der Waals surface area contributed by atoms with Crippen molar-refractivity contribution in [2.24, 2.45) is 10.9 Å². The molecule has 0 amide bonds. The summed E-state index contributed by atoms with van der Waals surface area (Å²) in [5, 5.41) is 6.78. The zero-order valence-electron chi connectivity index (χ0n) is 17.5. The minimum absolute atomic E-state index is 0.434. The predicted octanol–water partition coefficient (Wildman–Crippen LogP) is 3.73. The second-order valence-electron chi connectivity index (χ2n) is 6.57. The zero-order chi connectivity index (χ0) is 22.2. The number of esters is 1. The number of nitrogens with zero attached hydrogens (tertiary/aromatic N) is 2. The number of rotatable bonds is 8. The monoisotopic (exact) mass is 420 g/mol. The molecule has 0 fully saturated rings. The van der Waals surface area contributed by atoms with E-state index in [-0.39, 0.29) is 0 Å². The number of ether oxygens (including phenoxy) is 3. The molecule has 1 aromatic heterocycles. The van der Waals surface area contributed by atoms with Crippen LogP contribution in [0, 0.1) is 0 Å². The number of aromatic nitrogens is 1. The summed E-state index contributed by atoms with van der Waals surface area (Å²) in [5.74, 6) is 5.83. The van der Waals surface area contributed by atoms with E-state index < -0.39 is 12.2 Å². The van der Waals surface area contributed by atoms with Crippen molar-refractivity contribution in [2.75, 3.05) is 19.5 Å². The third-order valence-electron chi connectivity index (χ3n) is 4.53. The maximum atomic E-state index is 11.9. The van der Waals surface area contributed by atoms with Gasteiger partial charge in [0.25, 0.3) is 0 Å². The molecule has 3 aromatic rings. The minimum atomic E-state index is -0.790. The first kappa shape index (κ1) is 21.6. The van der Waals surface area contributed by atoms with Crippen LogP contribution in [0.1, 0.15) is 24.3 Å². The molecule has 1 atom stereocenters. The van der Waals surface area contributed by atoms with Crippen LogP contribution >= 0.6 is 0 Å². The molecule has 8 nitrogen and oxygen atoms in total. The molecule has 160 valence electrons. The van der Waals surface area contributed by atoms with Crippen molar-refractivity contribution in [3.05, 3.63) is 72.1 Å². The standard InChI is InChI=1S/C23H24N4O4/c1-15(28)31-23(27-18-8-6-16(7-9-18)13-26-24)20-12-22(30-3)21(29-2)11-19(20)17-5-4-10-25-14-17/h4-14,23,27H,24H2,1-3H3. The molecule has 0 radical (unpaired) electrons. The fourth-order valence-corrected chi connectivity index (χ4v) is 3.12. The molecule has 0 aliphatic rings. The number of hydrogen-bond acceptors (Lipinski definition) is 8. The lowest BCUT2D eigenvalue weighted by molar-refractivity contribution is -0.145. The first-order valence-electron chi connectivity index (χ1n) is 9.49. The number of hydrazone groups is 1. The summed E-state index contributed by atoms with van der Waals surface area (Å²) < 4.78 is 16.6. The molecule has 1 unspecified atom stereocenters. The zero-order valence-corrected chi connectivity index (χ0v) is 17.5. The maximum absolute atomic E-state index is 11.9. The lowest BCUT2D eigenvalue weighted by atomic mass is 9.98. The van der Waals surface area contributed by atoms with Gasteiger partial charge in [-0.2, -0.15) is 5.10 Å². The van der Waals surface area contributed by atoms with Crippen molar-refractivity contribution in [1.29, 1.82) is 0 Å². The molecule has 0 bridgehead atoms.